The SMILES string of the molecule is CCCOCC1(N)CCNC1. The van der Waals surface area contributed by atoms with E-state index >= 15 is 0 Å². The van der Waals surface area contributed by atoms with Crippen molar-refractivity contribution in [2.75, 3.05) is 26.3 Å². The third-order valence-corrected chi connectivity index (χ3v) is 2.01. The molecule has 3 nitrogen and oxygen atoms in total. The van der Waals surface area contributed by atoms with E-state index in [1.54, 1.807) is 0 Å². The first kappa shape index (κ1) is 8.97. The summed E-state index contributed by atoms with van der Waals surface area (Å²) in [7, 11) is 0. The highest BCUT2D eigenvalue weighted by Gasteiger charge is 2.28. The van der Waals surface area contributed by atoms with E-state index in [1.165, 1.54) is 0 Å². The van der Waals surface area contributed by atoms with Crippen LogP contribution in [0.1, 0.15) is 19.8 Å². The Kier molecular flexibility index (Phi) is 3.30. The van der Waals surface area contributed by atoms with Crippen LogP contribution >= 0.6 is 0 Å². The molecule has 1 unspecified atom stereocenters. The van der Waals surface area contributed by atoms with Crippen LogP contribution in [0.2, 0.25) is 0 Å². The molecule has 1 heterocycles. The minimum Gasteiger partial charge on any atom is -0.380 e. The van der Waals surface area contributed by atoms with Crippen molar-refractivity contribution in [1.29, 1.82) is 0 Å². The lowest BCUT2D eigenvalue weighted by Gasteiger charge is -2.21. The van der Waals surface area contributed by atoms with Crippen molar-refractivity contribution in [2.24, 2.45) is 5.73 Å². The van der Waals surface area contributed by atoms with Crippen molar-refractivity contribution in [1.82, 2.24) is 5.32 Å². The molecule has 0 aromatic carbocycles. The van der Waals surface area contributed by atoms with Crippen molar-refractivity contribution >= 4 is 0 Å². The molecule has 0 amide bonds. The Bertz CT molecular complexity index is 111. The zero-order valence-electron chi connectivity index (χ0n) is 7.23. The second-order valence-electron chi connectivity index (χ2n) is 3.34. The molecule has 0 spiro atoms. The van der Waals surface area contributed by atoms with Crippen LogP contribution in [0.15, 0.2) is 0 Å². The molecule has 0 aliphatic carbocycles. The van der Waals surface area contributed by atoms with Gasteiger partial charge in [0.25, 0.3) is 0 Å². The van der Waals surface area contributed by atoms with E-state index in [2.05, 4.69) is 12.2 Å². The van der Waals surface area contributed by atoms with E-state index in [0.29, 0.717) is 6.61 Å². The fourth-order valence-electron chi connectivity index (χ4n) is 1.31. The summed E-state index contributed by atoms with van der Waals surface area (Å²) in [6.07, 6.45) is 2.11. The van der Waals surface area contributed by atoms with Gasteiger partial charge in [-0.2, -0.15) is 0 Å². The normalized spacial score (nSPS) is 31.1. The number of ether oxygens (including phenoxy) is 1. The summed E-state index contributed by atoms with van der Waals surface area (Å²) in [6.45, 7) is 5.57. The van der Waals surface area contributed by atoms with E-state index in [1.807, 2.05) is 0 Å². The van der Waals surface area contributed by atoms with Gasteiger partial charge in [-0.15, -0.1) is 0 Å². The number of hydrogen-bond acceptors (Lipinski definition) is 3. The summed E-state index contributed by atoms with van der Waals surface area (Å²) in [5.41, 5.74) is 5.92. The molecule has 1 aliphatic heterocycles. The zero-order chi connectivity index (χ0) is 8.16. The first-order valence-corrected chi connectivity index (χ1v) is 4.34. The third-order valence-electron chi connectivity index (χ3n) is 2.01. The molecule has 66 valence electrons. The van der Waals surface area contributed by atoms with Crippen molar-refractivity contribution < 1.29 is 4.74 Å². The van der Waals surface area contributed by atoms with Crippen LogP contribution in [0.3, 0.4) is 0 Å². The van der Waals surface area contributed by atoms with Crippen LogP contribution in [-0.4, -0.2) is 31.8 Å². The molecular formula is C8H18N2O. The average molecular weight is 158 g/mol. The number of rotatable bonds is 4. The van der Waals surface area contributed by atoms with Gasteiger partial charge >= 0.3 is 0 Å². The van der Waals surface area contributed by atoms with Gasteiger partial charge in [-0.3, -0.25) is 0 Å². The molecule has 1 saturated heterocycles. The van der Waals surface area contributed by atoms with E-state index < -0.39 is 0 Å². The van der Waals surface area contributed by atoms with Crippen LogP contribution in [0.4, 0.5) is 0 Å². The predicted molar refractivity (Wildman–Crippen MR) is 45.5 cm³/mol. The quantitative estimate of drug-likeness (QED) is 0.571. The molecule has 0 radical (unpaired) electrons. The number of nitrogens with one attached hydrogen (secondary N) is 1. The molecule has 3 heteroatoms. The van der Waals surface area contributed by atoms with E-state index in [9.17, 15) is 0 Å². The Balaban J connectivity index is 2.13. The van der Waals surface area contributed by atoms with Crippen LogP contribution < -0.4 is 11.1 Å². The van der Waals surface area contributed by atoms with Gasteiger partial charge in [-0.05, 0) is 19.4 Å². The summed E-state index contributed by atoms with van der Waals surface area (Å²) < 4.78 is 5.40. The van der Waals surface area contributed by atoms with E-state index in [4.69, 9.17) is 10.5 Å². The molecule has 1 rings (SSSR count). The van der Waals surface area contributed by atoms with Crippen LogP contribution in [0, 0.1) is 0 Å². The van der Waals surface area contributed by atoms with E-state index in [0.717, 1.165) is 32.5 Å². The lowest BCUT2D eigenvalue weighted by atomic mass is 10.0. The van der Waals surface area contributed by atoms with Crippen molar-refractivity contribution in [2.45, 2.75) is 25.3 Å². The first-order valence-electron chi connectivity index (χ1n) is 4.34. The maximum absolute atomic E-state index is 6.01. The molecule has 0 saturated carbocycles. The topological polar surface area (TPSA) is 47.3 Å². The molecule has 1 atom stereocenters. The zero-order valence-corrected chi connectivity index (χ0v) is 7.23. The van der Waals surface area contributed by atoms with Crippen LogP contribution in [0.25, 0.3) is 0 Å². The van der Waals surface area contributed by atoms with E-state index in [-0.39, 0.29) is 5.54 Å². The molecular weight excluding hydrogens is 140 g/mol. The van der Waals surface area contributed by atoms with Crippen molar-refractivity contribution in [3.8, 4) is 0 Å². The maximum atomic E-state index is 6.01. The minimum atomic E-state index is -0.0881. The maximum Gasteiger partial charge on any atom is 0.0659 e. The Labute approximate surface area is 68.3 Å². The summed E-state index contributed by atoms with van der Waals surface area (Å²) in [6, 6.07) is 0. The average Bonchev–Trinajstić information content (AvgIpc) is 2.38. The van der Waals surface area contributed by atoms with Gasteiger partial charge in [0.2, 0.25) is 0 Å². The van der Waals surface area contributed by atoms with Gasteiger partial charge < -0.3 is 15.8 Å². The predicted octanol–water partition coefficient (Wildman–Crippen LogP) is 0.104. The standard InChI is InChI=1S/C8H18N2O/c1-2-5-11-7-8(9)3-4-10-6-8/h10H,2-7,9H2,1H3. The molecule has 0 aromatic heterocycles. The lowest BCUT2D eigenvalue weighted by Crippen LogP contribution is -2.46. The largest absolute Gasteiger partial charge is 0.380 e. The molecule has 1 fully saturated rings. The summed E-state index contributed by atoms with van der Waals surface area (Å²) in [5.74, 6) is 0. The van der Waals surface area contributed by atoms with Gasteiger partial charge in [0.05, 0.1) is 12.1 Å². The van der Waals surface area contributed by atoms with Gasteiger partial charge in [0.1, 0.15) is 0 Å². The fraction of sp³-hybridized carbons (Fsp3) is 1.00. The first-order chi connectivity index (χ1) is 5.27. The third kappa shape index (κ3) is 2.77. The lowest BCUT2D eigenvalue weighted by molar-refractivity contribution is 0.0919. The fourth-order valence-corrected chi connectivity index (χ4v) is 1.31. The van der Waals surface area contributed by atoms with Crippen LogP contribution in [-0.2, 0) is 4.74 Å². The molecule has 11 heavy (non-hydrogen) atoms. The Hall–Kier alpha value is -0.120. The van der Waals surface area contributed by atoms with Crippen LogP contribution in [0.5, 0.6) is 0 Å². The van der Waals surface area contributed by atoms with Crippen molar-refractivity contribution in [3.63, 3.8) is 0 Å². The monoisotopic (exact) mass is 158 g/mol. The van der Waals surface area contributed by atoms with Gasteiger partial charge in [-0.1, -0.05) is 6.92 Å². The summed E-state index contributed by atoms with van der Waals surface area (Å²) in [5, 5.41) is 3.23. The summed E-state index contributed by atoms with van der Waals surface area (Å²) in [4.78, 5) is 0. The smallest absolute Gasteiger partial charge is 0.0659 e. The Morgan fingerprint density at radius 3 is 3.00 bits per heavy atom. The van der Waals surface area contributed by atoms with Gasteiger partial charge in [0, 0.05) is 13.2 Å². The highest BCUT2D eigenvalue weighted by Crippen LogP contribution is 2.10. The second-order valence-corrected chi connectivity index (χ2v) is 3.34. The molecule has 1 aliphatic rings. The highest BCUT2D eigenvalue weighted by molar-refractivity contribution is 4.92. The molecule has 0 bridgehead atoms. The van der Waals surface area contributed by atoms with Gasteiger partial charge in [-0.25, -0.2) is 0 Å². The number of hydrogen-bond donors (Lipinski definition) is 2. The molecule has 3 N–H and O–H groups in total. The number of nitrogens with two attached hydrogens (primary N) is 1. The Morgan fingerprint density at radius 2 is 2.45 bits per heavy atom. The molecule has 0 aromatic rings. The van der Waals surface area contributed by atoms with Gasteiger partial charge in [0.15, 0.2) is 0 Å². The second kappa shape index (κ2) is 4.04. The Morgan fingerprint density at radius 1 is 1.64 bits per heavy atom. The highest BCUT2D eigenvalue weighted by atomic mass is 16.5. The summed E-state index contributed by atoms with van der Waals surface area (Å²) >= 11 is 0. The van der Waals surface area contributed by atoms with Crippen molar-refractivity contribution in [3.05, 3.63) is 0 Å². The minimum absolute atomic E-state index is 0.0881.